The van der Waals surface area contributed by atoms with Gasteiger partial charge in [0.25, 0.3) is 19.7 Å². The fourth-order valence-corrected chi connectivity index (χ4v) is 6.53. The molecule has 29 heavy (non-hydrogen) atoms. The molecule has 4 rings (SSSR count). The summed E-state index contributed by atoms with van der Waals surface area (Å²) in [5.74, 6) is 0. The Kier molecular flexibility index (Phi) is 4.55. The van der Waals surface area contributed by atoms with Crippen molar-refractivity contribution < 1.29 is 21.6 Å². The number of benzene rings is 4. The van der Waals surface area contributed by atoms with Crippen molar-refractivity contribution in [2.24, 2.45) is 0 Å². The summed E-state index contributed by atoms with van der Waals surface area (Å²) >= 11 is 0. The molecule has 0 atom stereocenters. The van der Waals surface area contributed by atoms with E-state index in [4.69, 9.17) is 0 Å². The molecule has 0 bridgehead atoms. The fraction of sp³-hybridized carbons (Fsp3) is 0. The van der Waals surface area contributed by atoms with E-state index in [-0.39, 0.29) is 9.79 Å². The quantitative estimate of drug-likeness (QED) is 0.212. The Morgan fingerprint density at radius 2 is 0.966 bits per heavy atom. The van der Waals surface area contributed by atoms with Gasteiger partial charge in [0.05, 0.1) is 9.79 Å². The highest BCUT2D eigenvalue weighted by Gasteiger charge is 2.44. The molecule has 8 heteroatoms. The first-order valence-corrected chi connectivity index (χ1v) is 11.5. The number of rotatable bonds is 2. The Labute approximate surface area is 167 Å². The number of sulfone groups is 2. The second-order valence-electron chi connectivity index (χ2n) is 6.39. The monoisotopic (exact) mass is 422 g/mol. The first-order chi connectivity index (χ1) is 13.8. The summed E-state index contributed by atoms with van der Waals surface area (Å²) in [6.07, 6.45) is 0. The predicted molar refractivity (Wildman–Crippen MR) is 111 cm³/mol. The van der Waals surface area contributed by atoms with Gasteiger partial charge in [0.2, 0.25) is 0 Å². The average Bonchev–Trinajstić information content (AvgIpc) is 2.73. The summed E-state index contributed by atoms with van der Waals surface area (Å²) in [6, 6.07) is 22.6. The van der Waals surface area contributed by atoms with E-state index < -0.39 is 24.1 Å². The minimum atomic E-state index is -4.59. The van der Waals surface area contributed by atoms with Crippen LogP contribution in [-0.2, 0) is 19.7 Å². The van der Waals surface area contributed by atoms with Gasteiger partial charge in [-0.2, -0.15) is 0 Å². The molecule has 144 valence electrons. The zero-order chi connectivity index (χ0) is 20.6. The molecule has 0 fully saturated rings. The molecule has 0 spiro atoms. The predicted octanol–water partition coefficient (Wildman–Crippen LogP) is 3.83. The second kappa shape index (κ2) is 6.93. The summed E-state index contributed by atoms with van der Waals surface area (Å²) in [5, 5.41) is 2.83. The van der Waals surface area contributed by atoms with Crippen molar-refractivity contribution in [3.63, 3.8) is 0 Å². The third-order valence-corrected chi connectivity index (χ3v) is 8.75. The first-order valence-electron chi connectivity index (χ1n) is 8.54. The molecule has 0 radical (unpaired) electrons. The lowest BCUT2D eigenvalue weighted by Crippen LogP contribution is -2.26. The molecule has 0 aliphatic rings. The van der Waals surface area contributed by atoms with Gasteiger partial charge in [-0.3, -0.25) is 0 Å². The van der Waals surface area contributed by atoms with Gasteiger partial charge in [0.1, 0.15) is 0 Å². The Hall–Kier alpha value is -3.32. The number of nitrogens with zero attached hydrogens (tertiary/aromatic N) is 2. The van der Waals surface area contributed by atoms with Gasteiger partial charge in [-0.25, -0.2) is 16.8 Å². The second-order valence-corrected chi connectivity index (χ2v) is 10.4. The number of hydrogen-bond acceptors (Lipinski definition) is 4. The van der Waals surface area contributed by atoms with Crippen molar-refractivity contribution >= 4 is 45.6 Å². The Morgan fingerprint density at radius 1 is 0.586 bits per heavy atom. The van der Waals surface area contributed by atoms with E-state index in [1.807, 2.05) is 0 Å². The van der Waals surface area contributed by atoms with Crippen molar-refractivity contribution in [1.29, 1.82) is 0 Å². The van der Waals surface area contributed by atoms with Crippen LogP contribution in [0.15, 0.2) is 94.7 Å². The van der Waals surface area contributed by atoms with Crippen LogP contribution >= 0.6 is 0 Å². The molecular formula is C21H14N2O4S2. The topological polar surface area (TPSA) is 105 Å². The average molecular weight is 422 g/mol. The number of hydrogen-bond donors (Lipinski definition) is 0. The highest BCUT2D eigenvalue weighted by Crippen LogP contribution is 2.26. The van der Waals surface area contributed by atoms with Gasteiger partial charge < -0.3 is 5.53 Å². The van der Waals surface area contributed by atoms with Gasteiger partial charge in [-0.1, -0.05) is 60.7 Å². The molecule has 4 aromatic carbocycles. The Balaban J connectivity index is 1.86. The minimum Gasteiger partial charge on any atom is -0.359 e. The van der Waals surface area contributed by atoms with Crippen LogP contribution in [0.25, 0.3) is 27.1 Å². The molecular weight excluding hydrogens is 408 g/mol. The van der Waals surface area contributed by atoms with E-state index in [9.17, 15) is 22.4 Å². The third-order valence-electron chi connectivity index (χ3n) is 4.60. The lowest BCUT2D eigenvalue weighted by Gasteiger charge is -2.05. The molecule has 0 saturated carbocycles. The molecule has 0 saturated heterocycles. The zero-order valence-corrected chi connectivity index (χ0v) is 16.6. The van der Waals surface area contributed by atoms with Gasteiger partial charge in [-0.15, -0.1) is 4.79 Å². The molecule has 0 aliphatic carbocycles. The van der Waals surface area contributed by atoms with Gasteiger partial charge in [0.15, 0.2) is 0 Å². The van der Waals surface area contributed by atoms with Crippen molar-refractivity contribution in [1.82, 2.24) is 0 Å². The highest BCUT2D eigenvalue weighted by atomic mass is 32.3. The maximum Gasteiger partial charge on any atom is 0.504 e. The van der Waals surface area contributed by atoms with E-state index in [0.29, 0.717) is 10.8 Å². The van der Waals surface area contributed by atoms with E-state index in [1.165, 1.54) is 24.3 Å². The SMILES string of the molecule is [N-]=[N+]=C(S(=O)(=O)c1ccc2ccccc2c1)S(=O)(=O)c1ccc2ccccc2c1. The summed E-state index contributed by atoms with van der Waals surface area (Å²) in [4.78, 5) is 2.14. The van der Waals surface area contributed by atoms with Crippen LogP contribution in [0.3, 0.4) is 0 Å². The summed E-state index contributed by atoms with van der Waals surface area (Å²) < 4.78 is 50.8. The van der Waals surface area contributed by atoms with Crippen LogP contribution in [0.1, 0.15) is 0 Å². The highest BCUT2D eigenvalue weighted by molar-refractivity contribution is 8.31. The van der Waals surface area contributed by atoms with E-state index in [2.05, 4.69) is 4.79 Å². The van der Waals surface area contributed by atoms with Crippen LogP contribution in [0.2, 0.25) is 0 Å². The van der Waals surface area contributed by atoms with Crippen LogP contribution in [0.4, 0.5) is 0 Å². The van der Waals surface area contributed by atoms with E-state index in [0.717, 1.165) is 10.8 Å². The van der Waals surface area contributed by atoms with E-state index in [1.54, 1.807) is 60.7 Å². The fourth-order valence-electron chi connectivity index (χ4n) is 3.12. The van der Waals surface area contributed by atoms with E-state index >= 15 is 0 Å². The molecule has 0 aromatic heterocycles. The van der Waals surface area contributed by atoms with Crippen molar-refractivity contribution in [2.45, 2.75) is 9.79 Å². The minimum absolute atomic E-state index is 0.270. The molecule has 6 nitrogen and oxygen atoms in total. The van der Waals surface area contributed by atoms with Crippen LogP contribution < -0.4 is 0 Å². The molecule has 0 N–H and O–H groups in total. The third kappa shape index (κ3) is 3.23. The van der Waals surface area contributed by atoms with Gasteiger partial charge >= 0.3 is 4.38 Å². The lowest BCUT2D eigenvalue weighted by molar-refractivity contribution is 0.00380. The van der Waals surface area contributed by atoms with Gasteiger partial charge in [-0.05, 0) is 45.8 Å². The van der Waals surface area contributed by atoms with Crippen LogP contribution in [0.5, 0.6) is 0 Å². The first kappa shape index (κ1) is 19.0. The molecule has 0 amide bonds. The van der Waals surface area contributed by atoms with Gasteiger partial charge in [0, 0.05) is 0 Å². The smallest absolute Gasteiger partial charge is 0.359 e. The summed E-state index contributed by atoms with van der Waals surface area (Å²) in [7, 11) is -9.18. The maximum atomic E-state index is 13.0. The molecule has 0 heterocycles. The molecule has 0 unspecified atom stereocenters. The zero-order valence-electron chi connectivity index (χ0n) is 14.9. The largest absolute Gasteiger partial charge is 0.504 e. The molecule has 4 aromatic rings. The van der Waals surface area contributed by atoms with Crippen molar-refractivity contribution in [3.8, 4) is 0 Å². The summed E-state index contributed by atoms with van der Waals surface area (Å²) in [5.41, 5.74) is 9.38. The Morgan fingerprint density at radius 3 is 1.34 bits per heavy atom. The van der Waals surface area contributed by atoms with Crippen molar-refractivity contribution in [3.05, 3.63) is 90.5 Å². The van der Waals surface area contributed by atoms with Crippen LogP contribution in [0, 0.1) is 0 Å². The maximum absolute atomic E-state index is 13.0. The standard InChI is InChI=1S/C21H14N2O4S2/c22-23-21(28(24,25)19-11-9-15-5-1-3-7-17(15)13-19)29(26,27)20-12-10-16-6-2-4-8-18(16)14-20/h1-14H. The van der Waals surface area contributed by atoms with Crippen LogP contribution in [-0.4, -0.2) is 26.0 Å². The number of fused-ring (bicyclic) bond motifs is 2. The Bertz CT molecular complexity index is 1420. The van der Waals surface area contributed by atoms with Crippen molar-refractivity contribution in [2.75, 3.05) is 0 Å². The lowest BCUT2D eigenvalue weighted by atomic mass is 10.1. The molecule has 0 aliphatic heterocycles. The normalized spacial score (nSPS) is 12.0. The summed E-state index contributed by atoms with van der Waals surface area (Å²) in [6.45, 7) is 0.